The summed E-state index contributed by atoms with van der Waals surface area (Å²) in [6.07, 6.45) is 5.01. The molecule has 0 atom stereocenters. The minimum atomic E-state index is -1.06. The van der Waals surface area contributed by atoms with Crippen LogP contribution in [0.25, 0.3) is 0 Å². The molecule has 3 aromatic rings. The van der Waals surface area contributed by atoms with Crippen LogP contribution in [-0.4, -0.2) is 27.1 Å². The van der Waals surface area contributed by atoms with Gasteiger partial charge in [-0.05, 0) is 11.6 Å². The number of nitrogens with one attached hydrogen (secondary N) is 1. The van der Waals surface area contributed by atoms with Gasteiger partial charge < -0.3 is 14.3 Å². The molecule has 144 valence electrons. The van der Waals surface area contributed by atoms with Gasteiger partial charge >= 0.3 is 5.97 Å². The fourth-order valence-electron chi connectivity index (χ4n) is 2.51. The van der Waals surface area contributed by atoms with Crippen LogP contribution in [0, 0.1) is 11.6 Å². The molecule has 1 N–H and O–H groups in total. The number of carbonyl (C=O) groups excluding carboxylic acids is 1. The maximum atomic E-state index is 14.3. The van der Waals surface area contributed by atoms with Crippen molar-refractivity contribution in [3.63, 3.8) is 0 Å². The SMILES string of the molecule is O=C(OCCc1ccc(Cn2ccncc2=O)c(F)c1F)c1ccc(=O)[nH]c1. The molecule has 0 aliphatic heterocycles. The monoisotopic (exact) mass is 387 g/mol. The first kappa shape index (κ1) is 19.2. The van der Waals surface area contributed by atoms with Gasteiger partial charge in [0.15, 0.2) is 11.6 Å². The van der Waals surface area contributed by atoms with Crippen molar-refractivity contribution < 1.29 is 18.3 Å². The number of H-pyrrole nitrogens is 1. The predicted molar refractivity (Wildman–Crippen MR) is 95.0 cm³/mol. The second-order valence-corrected chi connectivity index (χ2v) is 5.88. The van der Waals surface area contributed by atoms with Crippen LogP contribution in [0.5, 0.6) is 0 Å². The van der Waals surface area contributed by atoms with Gasteiger partial charge in [0.25, 0.3) is 5.56 Å². The van der Waals surface area contributed by atoms with E-state index in [1.54, 1.807) is 0 Å². The molecule has 0 aliphatic rings. The van der Waals surface area contributed by atoms with Crippen LogP contribution in [0.15, 0.2) is 58.6 Å². The van der Waals surface area contributed by atoms with Crippen LogP contribution in [0.4, 0.5) is 8.78 Å². The molecule has 0 bridgehead atoms. The first-order valence-corrected chi connectivity index (χ1v) is 8.28. The molecule has 9 heteroatoms. The topological polar surface area (TPSA) is 94.1 Å². The second-order valence-electron chi connectivity index (χ2n) is 5.88. The zero-order valence-electron chi connectivity index (χ0n) is 14.5. The summed E-state index contributed by atoms with van der Waals surface area (Å²) in [5, 5.41) is 0. The van der Waals surface area contributed by atoms with E-state index in [0.717, 1.165) is 6.20 Å². The number of esters is 1. The average Bonchev–Trinajstić information content (AvgIpc) is 2.69. The van der Waals surface area contributed by atoms with Gasteiger partial charge in [-0.15, -0.1) is 0 Å². The van der Waals surface area contributed by atoms with Crippen molar-refractivity contribution in [1.82, 2.24) is 14.5 Å². The maximum Gasteiger partial charge on any atom is 0.339 e. The van der Waals surface area contributed by atoms with E-state index in [1.165, 1.54) is 47.4 Å². The smallest absolute Gasteiger partial charge is 0.339 e. The Hall–Kier alpha value is -3.62. The third-order valence-corrected chi connectivity index (χ3v) is 4.01. The lowest BCUT2D eigenvalue weighted by Gasteiger charge is -2.10. The third kappa shape index (κ3) is 4.37. The molecule has 0 spiro atoms. The highest BCUT2D eigenvalue weighted by Crippen LogP contribution is 2.18. The van der Waals surface area contributed by atoms with E-state index in [0.29, 0.717) is 0 Å². The highest BCUT2D eigenvalue weighted by Gasteiger charge is 2.15. The summed E-state index contributed by atoms with van der Waals surface area (Å²) in [5.74, 6) is -2.81. The van der Waals surface area contributed by atoms with Crippen LogP contribution in [0.2, 0.25) is 0 Å². The minimum absolute atomic E-state index is 0.0137. The second kappa shape index (κ2) is 8.38. The number of aromatic nitrogens is 3. The van der Waals surface area contributed by atoms with Gasteiger partial charge in [0.1, 0.15) is 0 Å². The highest BCUT2D eigenvalue weighted by molar-refractivity contribution is 5.88. The van der Waals surface area contributed by atoms with Crippen LogP contribution in [0.3, 0.4) is 0 Å². The predicted octanol–water partition coefficient (Wildman–Crippen LogP) is 1.66. The summed E-state index contributed by atoms with van der Waals surface area (Å²) in [6, 6.07) is 5.24. The summed E-state index contributed by atoms with van der Waals surface area (Å²) in [7, 11) is 0. The van der Waals surface area contributed by atoms with Crippen LogP contribution in [-0.2, 0) is 17.7 Å². The van der Waals surface area contributed by atoms with Gasteiger partial charge in [-0.25, -0.2) is 13.6 Å². The van der Waals surface area contributed by atoms with E-state index in [-0.39, 0.29) is 41.8 Å². The minimum Gasteiger partial charge on any atom is -0.462 e. The van der Waals surface area contributed by atoms with E-state index >= 15 is 0 Å². The van der Waals surface area contributed by atoms with Gasteiger partial charge in [-0.1, -0.05) is 12.1 Å². The zero-order valence-corrected chi connectivity index (χ0v) is 14.5. The fraction of sp³-hybridized carbons (Fsp3) is 0.158. The lowest BCUT2D eigenvalue weighted by Crippen LogP contribution is -2.20. The highest BCUT2D eigenvalue weighted by atomic mass is 19.2. The molecule has 0 aliphatic carbocycles. The number of nitrogens with zero attached hydrogens (tertiary/aromatic N) is 2. The molecule has 3 rings (SSSR count). The van der Waals surface area contributed by atoms with Crippen LogP contribution < -0.4 is 11.1 Å². The van der Waals surface area contributed by atoms with Gasteiger partial charge in [-0.3, -0.25) is 14.6 Å². The Kier molecular flexibility index (Phi) is 5.73. The summed E-state index contributed by atoms with van der Waals surface area (Å²) < 4.78 is 34.8. The van der Waals surface area contributed by atoms with Crippen molar-refractivity contribution >= 4 is 5.97 Å². The number of hydrogen-bond donors (Lipinski definition) is 1. The number of ether oxygens (including phenoxy) is 1. The lowest BCUT2D eigenvalue weighted by molar-refractivity contribution is 0.0507. The number of carbonyl (C=O) groups is 1. The molecule has 0 amide bonds. The Morgan fingerprint density at radius 3 is 2.57 bits per heavy atom. The number of hydrogen-bond acceptors (Lipinski definition) is 5. The molecule has 0 saturated carbocycles. The molecule has 0 saturated heterocycles. The molecule has 7 nitrogen and oxygen atoms in total. The van der Waals surface area contributed by atoms with E-state index < -0.39 is 23.2 Å². The Morgan fingerprint density at radius 2 is 1.86 bits per heavy atom. The van der Waals surface area contributed by atoms with Crippen molar-refractivity contribution in [2.75, 3.05) is 6.61 Å². The number of rotatable bonds is 6. The molecular formula is C19H15F2N3O4. The van der Waals surface area contributed by atoms with Crippen LogP contribution >= 0.6 is 0 Å². The Balaban J connectivity index is 1.65. The first-order valence-electron chi connectivity index (χ1n) is 8.28. The summed E-state index contributed by atoms with van der Waals surface area (Å²) in [6.45, 7) is -0.303. The summed E-state index contributed by atoms with van der Waals surface area (Å²) >= 11 is 0. The molecule has 2 heterocycles. The van der Waals surface area contributed by atoms with Crippen molar-refractivity contribution in [2.45, 2.75) is 13.0 Å². The Labute approximate surface area is 157 Å². The normalized spacial score (nSPS) is 10.6. The molecular weight excluding hydrogens is 372 g/mol. The van der Waals surface area contributed by atoms with E-state index in [9.17, 15) is 23.2 Å². The van der Waals surface area contributed by atoms with Gasteiger partial charge in [0.05, 0.1) is 24.9 Å². The summed E-state index contributed by atoms with van der Waals surface area (Å²) in [5.41, 5.74) is -0.592. The largest absolute Gasteiger partial charge is 0.462 e. The molecule has 0 radical (unpaired) electrons. The molecule has 0 unspecified atom stereocenters. The van der Waals surface area contributed by atoms with Gasteiger partial charge in [0.2, 0.25) is 5.56 Å². The standard InChI is InChI=1S/C19H15F2N3O4/c20-17-12(5-8-28-19(27)13-3-4-15(25)23-9-13)1-2-14(18(17)21)11-24-7-6-22-10-16(24)26/h1-4,6-7,9-10H,5,8,11H2,(H,23,25). The van der Waals surface area contributed by atoms with Gasteiger partial charge in [-0.2, -0.15) is 0 Å². The third-order valence-electron chi connectivity index (χ3n) is 4.01. The lowest BCUT2D eigenvalue weighted by atomic mass is 10.1. The number of aromatic amines is 1. The fourth-order valence-corrected chi connectivity index (χ4v) is 2.51. The average molecular weight is 387 g/mol. The van der Waals surface area contributed by atoms with Crippen molar-refractivity contribution in [1.29, 1.82) is 0 Å². The molecule has 0 fully saturated rings. The van der Waals surface area contributed by atoms with Crippen molar-refractivity contribution in [2.24, 2.45) is 0 Å². The van der Waals surface area contributed by atoms with Gasteiger partial charge in [0, 0.05) is 36.6 Å². The number of halogens is 2. The van der Waals surface area contributed by atoms with Crippen molar-refractivity contribution in [3.8, 4) is 0 Å². The first-order chi connectivity index (χ1) is 13.5. The van der Waals surface area contributed by atoms with E-state index in [1.807, 2.05) is 0 Å². The van der Waals surface area contributed by atoms with E-state index in [2.05, 4.69) is 9.97 Å². The Bertz CT molecular complexity index is 1100. The zero-order chi connectivity index (χ0) is 20.1. The molecule has 28 heavy (non-hydrogen) atoms. The Morgan fingerprint density at radius 1 is 1.11 bits per heavy atom. The molecule has 2 aromatic heterocycles. The number of benzene rings is 1. The van der Waals surface area contributed by atoms with E-state index in [4.69, 9.17) is 4.74 Å². The molecule has 1 aromatic carbocycles. The van der Waals surface area contributed by atoms with Crippen LogP contribution in [0.1, 0.15) is 21.5 Å². The number of pyridine rings is 1. The van der Waals surface area contributed by atoms with Crippen molar-refractivity contribution in [3.05, 3.63) is 98.1 Å². The quantitative estimate of drug-likeness (QED) is 0.649. The maximum absolute atomic E-state index is 14.3. The summed E-state index contributed by atoms with van der Waals surface area (Å²) in [4.78, 5) is 40.4.